The van der Waals surface area contributed by atoms with Gasteiger partial charge >= 0.3 is 5.97 Å². The second-order valence-electron chi connectivity index (χ2n) is 7.71. The maximum absolute atomic E-state index is 11.7. The van der Waals surface area contributed by atoms with E-state index in [4.69, 9.17) is 21.1 Å². The topological polar surface area (TPSA) is 93.6 Å². The van der Waals surface area contributed by atoms with Crippen molar-refractivity contribution in [3.05, 3.63) is 70.5 Å². The molecule has 0 spiro atoms. The fourth-order valence-electron chi connectivity index (χ4n) is 3.55. The number of hydrogen-bond donors (Lipinski definition) is 2. The van der Waals surface area contributed by atoms with Gasteiger partial charge in [-0.1, -0.05) is 41.4 Å². The molecular formula is C24H24ClN3O4. The Kier molecular flexibility index (Phi) is 6.87. The summed E-state index contributed by atoms with van der Waals surface area (Å²) in [5.74, 6) is -0.289. The van der Waals surface area contributed by atoms with E-state index in [1.807, 2.05) is 25.1 Å². The lowest BCUT2D eigenvalue weighted by molar-refractivity contribution is 0.0255. The van der Waals surface area contributed by atoms with E-state index in [-0.39, 0.29) is 16.7 Å². The third kappa shape index (κ3) is 5.36. The molecule has 1 aliphatic rings. The van der Waals surface area contributed by atoms with Crippen LogP contribution in [-0.2, 0) is 11.3 Å². The van der Waals surface area contributed by atoms with Gasteiger partial charge in [0.1, 0.15) is 11.9 Å². The van der Waals surface area contributed by atoms with Crippen molar-refractivity contribution in [1.82, 2.24) is 9.97 Å². The van der Waals surface area contributed by atoms with E-state index in [1.54, 1.807) is 18.5 Å². The van der Waals surface area contributed by atoms with Crippen LogP contribution in [0.15, 0.2) is 48.8 Å². The summed E-state index contributed by atoms with van der Waals surface area (Å²) in [7, 11) is 0. The number of benzene rings is 2. The molecule has 0 bridgehead atoms. The van der Waals surface area contributed by atoms with E-state index in [0.717, 1.165) is 18.4 Å². The van der Waals surface area contributed by atoms with Gasteiger partial charge in [-0.15, -0.1) is 0 Å². The highest BCUT2D eigenvalue weighted by molar-refractivity contribution is 6.35. The molecule has 0 aliphatic carbocycles. The number of rotatable bonds is 7. The summed E-state index contributed by atoms with van der Waals surface area (Å²) in [6.07, 6.45) is 4.69. The zero-order valence-electron chi connectivity index (χ0n) is 17.7. The molecule has 1 fully saturated rings. The number of halogens is 1. The predicted octanol–water partition coefficient (Wildman–Crippen LogP) is 4.97. The van der Waals surface area contributed by atoms with Crippen molar-refractivity contribution in [2.75, 3.05) is 18.5 Å². The zero-order chi connectivity index (χ0) is 22.5. The molecule has 7 nitrogen and oxygen atoms in total. The number of carboxylic acid groups (broad SMARTS) is 1. The minimum Gasteiger partial charge on any atom is -0.489 e. The number of aryl methyl sites for hydroxylation is 1. The van der Waals surface area contributed by atoms with Crippen LogP contribution in [0.25, 0.3) is 11.1 Å². The van der Waals surface area contributed by atoms with Gasteiger partial charge in [0.2, 0.25) is 5.95 Å². The number of nitrogens with one attached hydrogen (secondary N) is 1. The molecule has 166 valence electrons. The first-order chi connectivity index (χ1) is 15.5. The van der Waals surface area contributed by atoms with Crippen LogP contribution in [0, 0.1) is 6.92 Å². The SMILES string of the molecule is Cc1cccc(CNc2ncc(-c3cc(OC4CCOCC4)c(Cl)c(C(=O)O)c3)cn2)c1. The molecule has 2 N–H and O–H groups in total. The fourth-order valence-corrected chi connectivity index (χ4v) is 3.79. The number of anilines is 1. The Morgan fingerprint density at radius 3 is 2.62 bits per heavy atom. The van der Waals surface area contributed by atoms with Crippen LogP contribution < -0.4 is 10.1 Å². The summed E-state index contributed by atoms with van der Waals surface area (Å²) in [5, 5.41) is 12.9. The molecule has 4 rings (SSSR count). The summed E-state index contributed by atoms with van der Waals surface area (Å²) in [6, 6.07) is 11.4. The number of hydrogen-bond acceptors (Lipinski definition) is 6. The van der Waals surface area contributed by atoms with Gasteiger partial charge in [-0.2, -0.15) is 0 Å². The lowest BCUT2D eigenvalue weighted by Crippen LogP contribution is -2.26. The first-order valence-electron chi connectivity index (χ1n) is 10.4. The molecule has 1 aliphatic heterocycles. The average Bonchev–Trinajstić information content (AvgIpc) is 2.80. The van der Waals surface area contributed by atoms with Gasteiger partial charge in [0.15, 0.2) is 0 Å². The van der Waals surface area contributed by atoms with Crippen molar-refractivity contribution >= 4 is 23.5 Å². The number of aromatic carboxylic acids is 1. The fraction of sp³-hybridized carbons (Fsp3) is 0.292. The van der Waals surface area contributed by atoms with Gasteiger partial charge in [-0.05, 0) is 30.2 Å². The van der Waals surface area contributed by atoms with Crippen molar-refractivity contribution < 1.29 is 19.4 Å². The predicted molar refractivity (Wildman–Crippen MR) is 122 cm³/mol. The van der Waals surface area contributed by atoms with Crippen LogP contribution in [0.2, 0.25) is 5.02 Å². The van der Waals surface area contributed by atoms with Gasteiger partial charge in [0.05, 0.1) is 23.8 Å². The molecule has 0 amide bonds. The Morgan fingerprint density at radius 1 is 1.19 bits per heavy atom. The third-order valence-corrected chi connectivity index (χ3v) is 5.64. The lowest BCUT2D eigenvalue weighted by atomic mass is 10.0. The Balaban J connectivity index is 1.54. The quantitative estimate of drug-likeness (QED) is 0.521. The molecular weight excluding hydrogens is 430 g/mol. The molecule has 0 unspecified atom stereocenters. The maximum Gasteiger partial charge on any atom is 0.337 e. The molecule has 32 heavy (non-hydrogen) atoms. The normalized spacial score (nSPS) is 14.2. The van der Waals surface area contributed by atoms with Crippen LogP contribution in [0.3, 0.4) is 0 Å². The molecule has 1 saturated heterocycles. The molecule has 2 heterocycles. The van der Waals surface area contributed by atoms with Crippen LogP contribution >= 0.6 is 11.6 Å². The monoisotopic (exact) mass is 453 g/mol. The van der Waals surface area contributed by atoms with Crippen LogP contribution in [0.1, 0.15) is 34.3 Å². The average molecular weight is 454 g/mol. The van der Waals surface area contributed by atoms with Gasteiger partial charge in [-0.25, -0.2) is 14.8 Å². The number of carbonyl (C=O) groups is 1. The number of ether oxygens (including phenoxy) is 2. The van der Waals surface area contributed by atoms with Gasteiger partial charge in [0.25, 0.3) is 0 Å². The van der Waals surface area contributed by atoms with Crippen LogP contribution in [0.4, 0.5) is 5.95 Å². The summed E-state index contributed by atoms with van der Waals surface area (Å²) < 4.78 is 11.4. The highest BCUT2D eigenvalue weighted by Crippen LogP contribution is 2.35. The number of carboxylic acids is 1. The number of nitrogens with zero attached hydrogens (tertiary/aromatic N) is 2. The van der Waals surface area contributed by atoms with Gasteiger partial charge < -0.3 is 19.9 Å². The van der Waals surface area contributed by atoms with E-state index < -0.39 is 5.97 Å². The lowest BCUT2D eigenvalue weighted by Gasteiger charge is -2.24. The Bertz CT molecular complexity index is 1100. The Labute approximate surface area is 191 Å². The molecule has 0 atom stereocenters. The summed E-state index contributed by atoms with van der Waals surface area (Å²) in [6.45, 7) is 3.87. The summed E-state index contributed by atoms with van der Waals surface area (Å²) in [5.41, 5.74) is 3.60. The maximum atomic E-state index is 11.7. The summed E-state index contributed by atoms with van der Waals surface area (Å²) >= 11 is 6.34. The Morgan fingerprint density at radius 2 is 1.94 bits per heavy atom. The van der Waals surface area contributed by atoms with Crippen molar-refractivity contribution in [1.29, 1.82) is 0 Å². The first-order valence-corrected chi connectivity index (χ1v) is 10.8. The minimum absolute atomic E-state index is 0.0205. The van der Waals surface area contributed by atoms with E-state index in [1.165, 1.54) is 11.6 Å². The molecule has 3 aromatic rings. The largest absolute Gasteiger partial charge is 0.489 e. The second kappa shape index (κ2) is 9.97. The first kappa shape index (κ1) is 22.0. The van der Waals surface area contributed by atoms with Crippen LogP contribution in [0.5, 0.6) is 5.75 Å². The molecule has 1 aromatic heterocycles. The molecule has 0 saturated carbocycles. The van der Waals surface area contributed by atoms with Gasteiger partial charge in [-0.3, -0.25) is 0 Å². The smallest absolute Gasteiger partial charge is 0.337 e. The molecule has 0 radical (unpaired) electrons. The van der Waals surface area contributed by atoms with E-state index in [0.29, 0.717) is 42.6 Å². The highest BCUT2D eigenvalue weighted by Gasteiger charge is 2.21. The van der Waals surface area contributed by atoms with Crippen molar-refractivity contribution in [2.24, 2.45) is 0 Å². The number of aromatic nitrogens is 2. The van der Waals surface area contributed by atoms with E-state index in [9.17, 15) is 9.90 Å². The van der Waals surface area contributed by atoms with E-state index >= 15 is 0 Å². The van der Waals surface area contributed by atoms with E-state index in [2.05, 4.69) is 21.4 Å². The van der Waals surface area contributed by atoms with Crippen LogP contribution in [-0.4, -0.2) is 40.4 Å². The van der Waals surface area contributed by atoms with Crippen molar-refractivity contribution in [2.45, 2.75) is 32.4 Å². The zero-order valence-corrected chi connectivity index (χ0v) is 18.4. The highest BCUT2D eigenvalue weighted by atomic mass is 35.5. The summed E-state index contributed by atoms with van der Waals surface area (Å²) in [4.78, 5) is 20.5. The van der Waals surface area contributed by atoms with Crippen molar-refractivity contribution in [3.63, 3.8) is 0 Å². The van der Waals surface area contributed by atoms with Gasteiger partial charge in [0, 0.05) is 37.3 Å². The molecule has 2 aromatic carbocycles. The Hall–Kier alpha value is -3.16. The minimum atomic E-state index is -1.12. The third-order valence-electron chi connectivity index (χ3n) is 5.25. The second-order valence-corrected chi connectivity index (χ2v) is 8.09. The van der Waals surface area contributed by atoms with Crippen molar-refractivity contribution in [3.8, 4) is 16.9 Å². The standard InChI is InChI=1S/C24H24ClN3O4/c1-15-3-2-4-16(9-15)12-26-24-27-13-18(14-28-24)17-10-20(23(29)30)22(25)21(11-17)32-19-5-7-31-8-6-19/h2-4,9-11,13-14,19H,5-8,12H2,1H3,(H,29,30)(H,26,27,28). The molecule has 8 heteroatoms.